The van der Waals surface area contributed by atoms with Gasteiger partial charge < -0.3 is 10.3 Å². The fourth-order valence-electron chi connectivity index (χ4n) is 2.66. The second-order valence-electron chi connectivity index (χ2n) is 5.70. The van der Waals surface area contributed by atoms with Gasteiger partial charge in [0.25, 0.3) is 11.6 Å². The van der Waals surface area contributed by atoms with Gasteiger partial charge in [-0.05, 0) is 36.9 Å². The second kappa shape index (κ2) is 8.01. The van der Waals surface area contributed by atoms with Gasteiger partial charge in [0.15, 0.2) is 0 Å². The van der Waals surface area contributed by atoms with Crippen LogP contribution in [0.3, 0.4) is 0 Å². The zero-order valence-corrected chi connectivity index (χ0v) is 15.0. The second-order valence-corrected chi connectivity index (χ2v) is 6.58. The fraction of sp³-hybridized carbons (Fsp3) is 0.222. The number of aromatic nitrogens is 2. The van der Waals surface area contributed by atoms with Gasteiger partial charge in [0.2, 0.25) is 0 Å². The molecule has 0 radical (unpaired) electrons. The Morgan fingerprint density at radius 1 is 1.31 bits per heavy atom. The lowest BCUT2D eigenvalue weighted by Crippen LogP contribution is -2.25. The first-order chi connectivity index (χ1) is 12.6. The lowest BCUT2D eigenvalue weighted by atomic mass is 10.1. The van der Waals surface area contributed by atoms with E-state index in [1.54, 1.807) is 12.1 Å². The standard InChI is InChI=1S/C18H18N4O3S/c1-26-12-8-9-16(22(24)25)13(11-12)18(23)19-10-4-7-17-20-14-5-2-3-6-15(14)21-17/h2-3,5-6,8-9,11H,4,7,10H2,1H3,(H,19,23)(H,20,21). The highest BCUT2D eigenvalue weighted by Gasteiger charge is 2.20. The van der Waals surface area contributed by atoms with Crippen LogP contribution in [0.15, 0.2) is 47.4 Å². The van der Waals surface area contributed by atoms with Gasteiger partial charge in [-0.25, -0.2) is 4.98 Å². The zero-order chi connectivity index (χ0) is 18.5. The Bertz CT molecular complexity index is 922. The largest absolute Gasteiger partial charge is 0.352 e. The minimum atomic E-state index is -0.534. The Balaban J connectivity index is 1.59. The van der Waals surface area contributed by atoms with E-state index >= 15 is 0 Å². The third kappa shape index (κ3) is 4.02. The molecule has 3 rings (SSSR count). The van der Waals surface area contributed by atoms with E-state index in [1.807, 2.05) is 30.5 Å². The maximum Gasteiger partial charge on any atom is 0.282 e. The highest BCUT2D eigenvalue weighted by atomic mass is 32.2. The predicted octanol–water partition coefficient (Wildman–Crippen LogP) is 3.56. The van der Waals surface area contributed by atoms with Crippen LogP contribution in [-0.2, 0) is 6.42 Å². The Morgan fingerprint density at radius 2 is 2.12 bits per heavy atom. The molecule has 0 aliphatic carbocycles. The summed E-state index contributed by atoms with van der Waals surface area (Å²) < 4.78 is 0. The number of nitro groups is 1. The SMILES string of the molecule is CSc1ccc([N+](=O)[O-])c(C(=O)NCCCc2nc3ccccc3[nH]2)c1. The topological polar surface area (TPSA) is 101 Å². The molecule has 134 valence electrons. The molecule has 0 saturated heterocycles. The van der Waals surface area contributed by atoms with Crippen LogP contribution in [0.25, 0.3) is 11.0 Å². The summed E-state index contributed by atoms with van der Waals surface area (Å²) in [6, 6.07) is 12.3. The Morgan fingerprint density at radius 3 is 2.85 bits per heavy atom. The van der Waals surface area contributed by atoms with E-state index in [2.05, 4.69) is 15.3 Å². The van der Waals surface area contributed by atoms with Crippen LogP contribution in [-0.4, -0.2) is 33.6 Å². The molecule has 0 atom stereocenters. The molecular weight excluding hydrogens is 352 g/mol. The van der Waals surface area contributed by atoms with E-state index in [0.29, 0.717) is 19.4 Å². The number of amides is 1. The average Bonchev–Trinajstić information content (AvgIpc) is 3.07. The molecule has 0 bridgehead atoms. The number of thioether (sulfide) groups is 1. The quantitative estimate of drug-likeness (QED) is 0.287. The summed E-state index contributed by atoms with van der Waals surface area (Å²) in [6.07, 6.45) is 3.22. The molecule has 0 aliphatic heterocycles. The maximum atomic E-state index is 12.3. The first kappa shape index (κ1) is 17.9. The Labute approximate surface area is 154 Å². The van der Waals surface area contributed by atoms with Gasteiger partial charge >= 0.3 is 0 Å². The molecule has 0 fully saturated rings. The summed E-state index contributed by atoms with van der Waals surface area (Å²) in [5.74, 6) is 0.424. The number of nitrogens with one attached hydrogen (secondary N) is 2. The fourth-order valence-corrected chi connectivity index (χ4v) is 3.10. The van der Waals surface area contributed by atoms with Crippen molar-refractivity contribution in [1.82, 2.24) is 15.3 Å². The van der Waals surface area contributed by atoms with Crippen molar-refractivity contribution in [2.75, 3.05) is 12.8 Å². The minimum absolute atomic E-state index is 0.0885. The van der Waals surface area contributed by atoms with Crippen molar-refractivity contribution < 1.29 is 9.72 Å². The van der Waals surface area contributed by atoms with E-state index < -0.39 is 10.8 Å². The molecule has 3 aromatic rings. The van der Waals surface area contributed by atoms with Crippen LogP contribution in [0.5, 0.6) is 0 Å². The van der Waals surface area contributed by atoms with E-state index in [-0.39, 0.29) is 11.3 Å². The monoisotopic (exact) mass is 370 g/mol. The first-order valence-corrected chi connectivity index (χ1v) is 9.35. The number of para-hydroxylation sites is 2. The molecule has 0 spiro atoms. The lowest BCUT2D eigenvalue weighted by molar-refractivity contribution is -0.385. The molecule has 0 aliphatic rings. The van der Waals surface area contributed by atoms with Crippen LogP contribution in [0.4, 0.5) is 5.69 Å². The number of carbonyl (C=O) groups is 1. The molecule has 2 N–H and O–H groups in total. The number of H-pyrrole nitrogens is 1. The van der Waals surface area contributed by atoms with Gasteiger partial charge in [-0.3, -0.25) is 14.9 Å². The van der Waals surface area contributed by atoms with Gasteiger partial charge in [-0.15, -0.1) is 11.8 Å². The van der Waals surface area contributed by atoms with E-state index in [0.717, 1.165) is 21.8 Å². The number of carbonyl (C=O) groups excluding carboxylic acids is 1. The van der Waals surface area contributed by atoms with E-state index in [1.165, 1.54) is 17.8 Å². The number of nitrogens with zero attached hydrogens (tertiary/aromatic N) is 2. The van der Waals surface area contributed by atoms with Crippen molar-refractivity contribution >= 4 is 34.4 Å². The van der Waals surface area contributed by atoms with Crippen molar-refractivity contribution in [3.63, 3.8) is 0 Å². The summed E-state index contributed by atoms with van der Waals surface area (Å²) in [7, 11) is 0. The van der Waals surface area contributed by atoms with Crippen LogP contribution < -0.4 is 5.32 Å². The van der Waals surface area contributed by atoms with Gasteiger partial charge in [-0.1, -0.05) is 12.1 Å². The number of rotatable bonds is 7. The van der Waals surface area contributed by atoms with Crippen molar-refractivity contribution in [3.8, 4) is 0 Å². The smallest absolute Gasteiger partial charge is 0.282 e. The van der Waals surface area contributed by atoms with Gasteiger partial charge in [-0.2, -0.15) is 0 Å². The number of hydrogen-bond acceptors (Lipinski definition) is 5. The number of aromatic amines is 1. The maximum absolute atomic E-state index is 12.3. The van der Waals surface area contributed by atoms with E-state index in [9.17, 15) is 14.9 Å². The van der Waals surface area contributed by atoms with Crippen molar-refractivity contribution in [1.29, 1.82) is 0 Å². The number of fused-ring (bicyclic) bond motifs is 1. The minimum Gasteiger partial charge on any atom is -0.352 e. The van der Waals surface area contributed by atoms with Crippen molar-refractivity contribution in [2.24, 2.45) is 0 Å². The first-order valence-electron chi connectivity index (χ1n) is 8.12. The zero-order valence-electron chi connectivity index (χ0n) is 14.2. The van der Waals surface area contributed by atoms with Crippen molar-refractivity contribution in [2.45, 2.75) is 17.7 Å². The summed E-state index contributed by atoms with van der Waals surface area (Å²) in [5, 5.41) is 13.9. The lowest BCUT2D eigenvalue weighted by Gasteiger charge is -2.07. The summed E-state index contributed by atoms with van der Waals surface area (Å²) in [5.41, 5.74) is 1.80. The Kier molecular flexibility index (Phi) is 5.52. The molecule has 0 unspecified atom stereocenters. The van der Waals surface area contributed by atoms with Gasteiger partial charge in [0.1, 0.15) is 11.4 Å². The third-order valence-electron chi connectivity index (χ3n) is 3.96. The molecular formula is C18H18N4O3S. The number of hydrogen-bond donors (Lipinski definition) is 2. The number of imidazole rings is 1. The number of aryl methyl sites for hydroxylation is 1. The van der Waals surface area contributed by atoms with Crippen molar-refractivity contribution in [3.05, 3.63) is 64.0 Å². The van der Waals surface area contributed by atoms with Crippen LogP contribution in [0.2, 0.25) is 0 Å². The highest BCUT2D eigenvalue weighted by Crippen LogP contribution is 2.24. The molecule has 7 nitrogen and oxygen atoms in total. The average molecular weight is 370 g/mol. The number of nitro benzene ring substituents is 1. The molecule has 26 heavy (non-hydrogen) atoms. The van der Waals surface area contributed by atoms with Gasteiger partial charge in [0, 0.05) is 23.9 Å². The molecule has 8 heteroatoms. The molecule has 1 aromatic heterocycles. The highest BCUT2D eigenvalue weighted by molar-refractivity contribution is 7.98. The molecule has 1 amide bonds. The molecule has 2 aromatic carbocycles. The van der Waals surface area contributed by atoms with E-state index in [4.69, 9.17) is 0 Å². The predicted molar refractivity (Wildman–Crippen MR) is 102 cm³/mol. The summed E-state index contributed by atoms with van der Waals surface area (Å²) in [6.45, 7) is 0.413. The van der Waals surface area contributed by atoms with Crippen LogP contribution >= 0.6 is 11.8 Å². The third-order valence-corrected chi connectivity index (χ3v) is 4.68. The van der Waals surface area contributed by atoms with Crippen LogP contribution in [0.1, 0.15) is 22.6 Å². The normalized spacial score (nSPS) is 10.8. The summed E-state index contributed by atoms with van der Waals surface area (Å²) in [4.78, 5) is 31.5. The van der Waals surface area contributed by atoms with Gasteiger partial charge in [0.05, 0.1) is 16.0 Å². The molecule has 0 saturated carbocycles. The van der Waals surface area contributed by atoms with Crippen LogP contribution in [0, 0.1) is 10.1 Å². The Hall–Kier alpha value is -2.87. The summed E-state index contributed by atoms with van der Waals surface area (Å²) >= 11 is 1.43. The molecule has 1 heterocycles. The number of benzene rings is 2.